The third-order valence-corrected chi connectivity index (χ3v) is 3.40. The van der Waals surface area contributed by atoms with Gasteiger partial charge in [0.2, 0.25) is 0 Å². The fourth-order valence-corrected chi connectivity index (χ4v) is 2.24. The van der Waals surface area contributed by atoms with Crippen molar-refractivity contribution in [3.63, 3.8) is 0 Å². The number of aromatic nitrogens is 2. The molecule has 8 heteroatoms. The molecular formula is C12H18N2O6. The highest BCUT2D eigenvalue weighted by Gasteiger charge is 2.44. The molecule has 112 valence electrons. The summed E-state index contributed by atoms with van der Waals surface area (Å²) in [5.74, 6) is 0. The SMILES string of the molecule is CC(C)n1cc([C@@H]2O[C@H](CO)[C@@H](O)[C@H]2O)c(=O)[nH]c1=O. The monoisotopic (exact) mass is 286 g/mol. The molecule has 0 saturated carbocycles. The standard InChI is InChI=1S/C12H18N2O6/c1-5(2)14-3-6(11(18)13-12(14)19)10-9(17)8(16)7(4-15)20-10/h3,5,7-10,15-17H,4H2,1-2H3,(H,13,18,19)/t7-,8-,9-,10+/m1/s1. The highest BCUT2D eigenvalue weighted by Crippen LogP contribution is 2.31. The Morgan fingerprint density at radius 2 is 2.00 bits per heavy atom. The van der Waals surface area contributed by atoms with Gasteiger partial charge in [-0.25, -0.2) is 4.79 Å². The van der Waals surface area contributed by atoms with Crippen molar-refractivity contribution >= 4 is 0 Å². The summed E-state index contributed by atoms with van der Waals surface area (Å²) >= 11 is 0. The van der Waals surface area contributed by atoms with Gasteiger partial charge in [0.25, 0.3) is 5.56 Å². The topological polar surface area (TPSA) is 125 Å². The molecule has 1 aromatic heterocycles. The molecule has 2 rings (SSSR count). The first-order valence-corrected chi connectivity index (χ1v) is 6.34. The maximum absolute atomic E-state index is 11.8. The lowest BCUT2D eigenvalue weighted by molar-refractivity contribution is -0.0233. The average molecular weight is 286 g/mol. The number of nitrogens with zero attached hydrogens (tertiary/aromatic N) is 1. The maximum Gasteiger partial charge on any atom is 0.328 e. The van der Waals surface area contributed by atoms with Crippen molar-refractivity contribution in [3.05, 3.63) is 32.6 Å². The third kappa shape index (κ3) is 2.42. The van der Waals surface area contributed by atoms with Gasteiger partial charge < -0.3 is 20.1 Å². The second-order valence-corrected chi connectivity index (χ2v) is 5.10. The summed E-state index contributed by atoms with van der Waals surface area (Å²) < 4.78 is 6.59. The van der Waals surface area contributed by atoms with E-state index in [0.29, 0.717) is 0 Å². The summed E-state index contributed by atoms with van der Waals surface area (Å²) in [6.45, 7) is 3.05. The van der Waals surface area contributed by atoms with E-state index in [0.717, 1.165) is 0 Å². The zero-order valence-corrected chi connectivity index (χ0v) is 11.2. The highest BCUT2D eigenvalue weighted by atomic mass is 16.6. The third-order valence-electron chi connectivity index (χ3n) is 3.40. The van der Waals surface area contributed by atoms with Crippen molar-refractivity contribution < 1.29 is 20.1 Å². The molecule has 1 fully saturated rings. The van der Waals surface area contributed by atoms with Gasteiger partial charge in [-0.15, -0.1) is 0 Å². The lowest BCUT2D eigenvalue weighted by Gasteiger charge is -2.16. The number of rotatable bonds is 3. The molecule has 4 N–H and O–H groups in total. The number of hydrogen-bond donors (Lipinski definition) is 4. The number of ether oxygens (including phenoxy) is 1. The molecule has 0 bridgehead atoms. The van der Waals surface area contributed by atoms with Crippen molar-refractivity contribution in [2.45, 2.75) is 44.3 Å². The molecule has 2 heterocycles. The van der Waals surface area contributed by atoms with Crippen LogP contribution in [0, 0.1) is 0 Å². The van der Waals surface area contributed by atoms with Crippen LogP contribution in [0.2, 0.25) is 0 Å². The van der Waals surface area contributed by atoms with Crippen LogP contribution >= 0.6 is 0 Å². The molecule has 20 heavy (non-hydrogen) atoms. The number of aromatic amines is 1. The Kier molecular flexibility index (Phi) is 4.09. The molecule has 0 radical (unpaired) electrons. The smallest absolute Gasteiger partial charge is 0.328 e. The Bertz CT molecular complexity index is 592. The van der Waals surface area contributed by atoms with E-state index in [1.54, 1.807) is 13.8 Å². The molecule has 1 aromatic rings. The number of nitrogens with one attached hydrogen (secondary N) is 1. The summed E-state index contributed by atoms with van der Waals surface area (Å²) in [6, 6.07) is -0.185. The lowest BCUT2D eigenvalue weighted by atomic mass is 10.0. The molecule has 1 aliphatic rings. The fraction of sp³-hybridized carbons (Fsp3) is 0.667. The van der Waals surface area contributed by atoms with Gasteiger partial charge in [-0.2, -0.15) is 0 Å². The van der Waals surface area contributed by atoms with Crippen LogP contribution in [0.5, 0.6) is 0 Å². The van der Waals surface area contributed by atoms with Crippen LogP contribution in [0.1, 0.15) is 31.6 Å². The van der Waals surface area contributed by atoms with Crippen LogP contribution in [0.15, 0.2) is 15.8 Å². The second-order valence-electron chi connectivity index (χ2n) is 5.10. The summed E-state index contributed by atoms with van der Waals surface area (Å²) in [4.78, 5) is 25.6. The van der Waals surface area contributed by atoms with Crippen LogP contribution in [0.4, 0.5) is 0 Å². The van der Waals surface area contributed by atoms with Crippen LogP contribution < -0.4 is 11.2 Å². The zero-order valence-electron chi connectivity index (χ0n) is 11.2. The van der Waals surface area contributed by atoms with E-state index in [2.05, 4.69) is 4.98 Å². The first kappa shape index (κ1) is 14.9. The van der Waals surface area contributed by atoms with E-state index in [4.69, 9.17) is 9.84 Å². The summed E-state index contributed by atoms with van der Waals surface area (Å²) in [5.41, 5.74) is -1.19. The van der Waals surface area contributed by atoms with Gasteiger partial charge >= 0.3 is 5.69 Å². The van der Waals surface area contributed by atoms with Gasteiger partial charge in [0.05, 0.1) is 12.2 Å². The molecule has 4 atom stereocenters. The van der Waals surface area contributed by atoms with E-state index in [1.807, 2.05) is 0 Å². The summed E-state index contributed by atoms with van der Waals surface area (Å²) in [6.07, 6.45) is -3.37. The largest absolute Gasteiger partial charge is 0.394 e. The molecule has 0 amide bonds. The molecule has 0 unspecified atom stereocenters. The lowest BCUT2D eigenvalue weighted by Crippen LogP contribution is -2.36. The first-order chi connectivity index (χ1) is 9.36. The van der Waals surface area contributed by atoms with Crippen LogP contribution in [-0.4, -0.2) is 49.8 Å². The minimum atomic E-state index is -1.34. The van der Waals surface area contributed by atoms with E-state index in [-0.39, 0.29) is 11.6 Å². The molecule has 0 spiro atoms. The summed E-state index contributed by atoms with van der Waals surface area (Å²) in [7, 11) is 0. The highest BCUT2D eigenvalue weighted by molar-refractivity contribution is 5.14. The number of H-pyrrole nitrogens is 1. The fourth-order valence-electron chi connectivity index (χ4n) is 2.24. The van der Waals surface area contributed by atoms with Crippen LogP contribution in [0.25, 0.3) is 0 Å². The quantitative estimate of drug-likeness (QED) is 0.523. The van der Waals surface area contributed by atoms with Gasteiger partial charge in [-0.1, -0.05) is 0 Å². The predicted molar refractivity (Wildman–Crippen MR) is 68.4 cm³/mol. The van der Waals surface area contributed by atoms with E-state index < -0.39 is 42.3 Å². The molecular weight excluding hydrogens is 268 g/mol. The average Bonchev–Trinajstić information content (AvgIpc) is 2.66. The van der Waals surface area contributed by atoms with Crippen molar-refractivity contribution in [1.82, 2.24) is 9.55 Å². The van der Waals surface area contributed by atoms with Crippen LogP contribution in [0.3, 0.4) is 0 Å². The van der Waals surface area contributed by atoms with Crippen LogP contribution in [-0.2, 0) is 4.74 Å². The Morgan fingerprint density at radius 3 is 2.50 bits per heavy atom. The summed E-state index contributed by atoms with van der Waals surface area (Å²) in [5, 5.41) is 28.6. The zero-order chi connectivity index (χ0) is 15.0. The van der Waals surface area contributed by atoms with Crippen molar-refractivity contribution in [3.8, 4) is 0 Å². The van der Waals surface area contributed by atoms with Gasteiger partial charge in [-0.3, -0.25) is 14.3 Å². The van der Waals surface area contributed by atoms with Gasteiger partial charge in [-0.05, 0) is 13.8 Å². The molecule has 8 nitrogen and oxygen atoms in total. The Balaban J connectivity index is 2.46. The Hall–Kier alpha value is -1.48. The van der Waals surface area contributed by atoms with Gasteiger partial charge in [0, 0.05) is 12.2 Å². The van der Waals surface area contributed by atoms with E-state index in [9.17, 15) is 19.8 Å². The first-order valence-electron chi connectivity index (χ1n) is 6.34. The van der Waals surface area contributed by atoms with Crippen molar-refractivity contribution in [1.29, 1.82) is 0 Å². The molecule has 1 saturated heterocycles. The molecule has 1 aliphatic heterocycles. The molecule has 0 aromatic carbocycles. The maximum atomic E-state index is 11.8. The minimum absolute atomic E-state index is 0.0424. The second kappa shape index (κ2) is 5.49. The normalized spacial score (nSPS) is 30.1. The molecule has 0 aliphatic carbocycles. The predicted octanol–water partition coefficient (Wildman–Crippen LogP) is -1.73. The van der Waals surface area contributed by atoms with E-state index in [1.165, 1.54) is 10.8 Å². The van der Waals surface area contributed by atoms with Crippen molar-refractivity contribution in [2.24, 2.45) is 0 Å². The Labute approximate surface area is 114 Å². The number of aliphatic hydroxyl groups is 3. The number of aliphatic hydroxyl groups excluding tert-OH is 3. The van der Waals surface area contributed by atoms with Gasteiger partial charge in [0.15, 0.2) is 0 Å². The number of hydrogen-bond acceptors (Lipinski definition) is 6. The van der Waals surface area contributed by atoms with E-state index >= 15 is 0 Å². The van der Waals surface area contributed by atoms with Crippen molar-refractivity contribution in [2.75, 3.05) is 6.61 Å². The van der Waals surface area contributed by atoms with Gasteiger partial charge in [0.1, 0.15) is 24.4 Å². The minimum Gasteiger partial charge on any atom is -0.394 e. The Morgan fingerprint density at radius 1 is 1.35 bits per heavy atom.